The first-order valence-electron chi connectivity index (χ1n) is 11.3. The van der Waals surface area contributed by atoms with Crippen molar-refractivity contribution in [1.82, 2.24) is 9.80 Å². The van der Waals surface area contributed by atoms with Crippen molar-refractivity contribution in [2.75, 3.05) is 25.0 Å². The lowest BCUT2D eigenvalue weighted by atomic mass is 10.1. The van der Waals surface area contributed by atoms with Crippen LogP contribution in [0.1, 0.15) is 18.1 Å². The van der Waals surface area contributed by atoms with Gasteiger partial charge in [0.15, 0.2) is 5.75 Å². The highest BCUT2D eigenvalue weighted by atomic mass is 35.5. The Balaban J connectivity index is 1.40. The predicted octanol–water partition coefficient (Wildman–Crippen LogP) is 6.78. The number of fused-ring (bicyclic) bond motifs is 2. The molecule has 0 radical (unpaired) electrons. The number of ether oxygens (including phenoxy) is 1. The van der Waals surface area contributed by atoms with E-state index in [-0.39, 0.29) is 17.8 Å². The number of para-hydroxylation sites is 1. The zero-order valence-corrected chi connectivity index (χ0v) is 20.0. The van der Waals surface area contributed by atoms with Crippen LogP contribution in [0.15, 0.2) is 71.7 Å². The molecule has 3 aromatic carbocycles. The summed E-state index contributed by atoms with van der Waals surface area (Å²) >= 11 is 5.92. The van der Waals surface area contributed by atoms with Crippen LogP contribution in [-0.2, 0) is 6.18 Å². The third-order valence-electron chi connectivity index (χ3n) is 6.14. The monoisotopic (exact) mass is 514 g/mol. The first kappa shape index (κ1) is 24.0. The summed E-state index contributed by atoms with van der Waals surface area (Å²) in [5.41, 5.74) is 0.831. The fraction of sp³-hybridized carbons (Fsp3) is 0.231. The molecule has 10 heteroatoms. The smallest absolute Gasteiger partial charge is 0.416 e. The average molecular weight is 515 g/mol. The average Bonchev–Trinajstić information content (AvgIpc) is 3.01. The molecule has 0 bridgehead atoms. The Morgan fingerprint density at radius 1 is 1.06 bits per heavy atom. The standard InChI is InChI=1S/C26H22ClF3N4O2/c1-16-15-33(12-13-34(16)25(35)31-19-9-7-18(27)8-10-19)24-20-4-2-3-5-22(20)36-23-14-17(26(28,29)30)6-11-21(23)32-24/h2-11,14,16H,12-13,15H2,1H3,(H,31,35)/t16-/m0/s1. The number of rotatable bonds is 1. The summed E-state index contributed by atoms with van der Waals surface area (Å²) in [5.74, 6) is 1.06. The number of anilines is 1. The Labute approximate surface area is 210 Å². The molecule has 5 rings (SSSR count). The summed E-state index contributed by atoms with van der Waals surface area (Å²) in [6.07, 6.45) is -4.49. The Kier molecular flexibility index (Phi) is 6.26. The van der Waals surface area contributed by atoms with Crippen LogP contribution in [0.2, 0.25) is 5.02 Å². The molecule has 2 aliphatic heterocycles. The van der Waals surface area contributed by atoms with Crippen molar-refractivity contribution in [3.63, 3.8) is 0 Å². The molecule has 2 heterocycles. The number of nitrogens with zero attached hydrogens (tertiary/aromatic N) is 3. The normalized spacial score (nSPS) is 17.4. The Bertz CT molecular complexity index is 1330. The highest BCUT2D eigenvalue weighted by Gasteiger charge is 2.34. The van der Waals surface area contributed by atoms with E-state index in [2.05, 4.69) is 5.32 Å². The van der Waals surface area contributed by atoms with Gasteiger partial charge in [-0.05, 0) is 61.5 Å². The minimum absolute atomic E-state index is 0.0429. The lowest BCUT2D eigenvalue weighted by molar-refractivity contribution is -0.137. The number of aliphatic imine (C=N–C) groups is 1. The summed E-state index contributed by atoms with van der Waals surface area (Å²) in [6, 6.07) is 16.9. The van der Waals surface area contributed by atoms with Gasteiger partial charge in [-0.15, -0.1) is 0 Å². The van der Waals surface area contributed by atoms with Crippen molar-refractivity contribution < 1.29 is 22.7 Å². The minimum Gasteiger partial charge on any atom is -0.454 e. The first-order valence-corrected chi connectivity index (χ1v) is 11.7. The molecule has 0 aliphatic carbocycles. The third-order valence-corrected chi connectivity index (χ3v) is 6.40. The first-order chi connectivity index (χ1) is 17.2. The van der Waals surface area contributed by atoms with Crippen LogP contribution in [0.3, 0.4) is 0 Å². The summed E-state index contributed by atoms with van der Waals surface area (Å²) in [4.78, 5) is 21.4. The lowest BCUT2D eigenvalue weighted by Gasteiger charge is -2.41. The van der Waals surface area contributed by atoms with Crippen molar-refractivity contribution in [2.45, 2.75) is 19.1 Å². The van der Waals surface area contributed by atoms with E-state index in [9.17, 15) is 18.0 Å². The number of carbonyl (C=O) groups excluding carboxylic acids is 1. The summed E-state index contributed by atoms with van der Waals surface area (Å²) in [6.45, 7) is 3.35. The number of alkyl halides is 3. The fourth-order valence-electron chi connectivity index (χ4n) is 4.32. The van der Waals surface area contributed by atoms with Gasteiger partial charge < -0.3 is 19.9 Å². The van der Waals surface area contributed by atoms with Crippen LogP contribution in [-0.4, -0.2) is 47.3 Å². The van der Waals surface area contributed by atoms with E-state index in [1.165, 1.54) is 6.07 Å². The predicted molar refractivity (Wildman–Crippen MR) is 132 cm³/mol. The van der Waals surface area contributed by atoms with E-state index in [4.69, 9.17) is 21.3 Å². The molecule has 1 saturated heterocycles. The maximum atomic E-state index is 13.3. The number of nitrogens with one attached hydrogen (secondary N) is 1. The van der Waals surface area contributed by atoms with Crippen LogP contribution in [0.5, 0.6) is 11.5 Å². The van der Waals surface area contributed by atoms with Crippen molar-refractivity contribution in [3.05, 3.63) is 82.9 Å². The minimum atomic E-state index is -4.49. The molecular weight excluding hydrogens is 493 g/mol. The van der Waals surface area contributed by atoms with Gasteiger partial charge in [-0.25, -0.2) is 9.79 Å². The van der Waals surface area contributed by atoms with Crippen LogP contribution < -0.4 is 10.1 Å². The van der Waals surface area contributed by atoms with Crippen molar-refractivity contribution in [2.24, 2.45) is 4.99 Å². The van der Waals surface area contributed by atoms with Gasteiger partial charge in [0, 0.05) is 36.4 Å². The molecule has 3 aromatic rings. The second-order valence-electron chi connectivity index (χ2n) is 8.64. The molecule has 1 fully saturated rings. The Morgan fingerprint density at radius 2 is 1.81 bits per heavy atom. The molecular formula is C26H22ClF3N4O2. The highest BCUT2D eigenvalue weighted by molar-refractivity contribution is 6.30. The maximum absolute atomic E-state index is 13.3. The van der Waals surface area contributed by atoms with Gasteiger partial charge in [-0.3, -0.25) is 0 Å². The number of halogens is 4. The summed E-state index contributed by atoms with van der Waals surface area (Å²) < 4.78 is 45.7. The van der Waals surface area contributed by atoms with E-state index >= 15 is 0 Å². The van der Waals surface area contributed by atoms with Crippen LogP contribution in [0, 0.1) is 0 Å². The number of amides is 2. The molecule has 0 saturated carbocycles. The SMILES string of the molecule is C[C@H]1CN(C2=Nc3ccc(C(F)(F)F)cc3Oc3ccccc32)CCN1C(=O)Nc1ccc(Cl)cc1. The zero-order valence-electron chi connectivity index (χ0n) is 19.2. The molecule has 1 atom stereocenters. The number of hydrogen-bond acceptors (Lipinski definition) is 4. The van der Waals surface area contributed by atoms with Crippen molar-refractivity contribution in [3.8, 4) is 11.5 Å². The number of piperazine rings is 1. The highest BCUT2D eigenvalue weighted by Crippen LogP contribution is 2.42. The Hall–Kier alpha value is -3.72. The number of amidine groups is 1. The van der Waals surface area contributed by atoms with E-state index in [0.717, 1.165) is 12.1 Å². The topological polar surface area (TPSA) is 57.2 Å². The Morgan fingerprint density at radius 3 is 2.53 bits per heavy atom. The number of carbonyl (C=O) groups is 1. The van der Waals surface area contributed by atoms with Gasteiger partial charge >= 0.3 is 12.2 Å². The van der Waals surface area contributed by atoms with Crippen LogP contribution in [0.25, 0.3) is 0 Å². The zero-order chi connectivity index (χ0) is 25.4. The quantitative estimate of drug-likeness (QED) is 0.389. The van der Waals surface area contributed by atoms with Gasteiger partial charge in [0.1, 0.15) is 17.3 Å². The molecule has 0 unspecified atom stereocenters. The molecule has 0 aromatic heterocycles. The van der Waals surface area contributed by atoms with E-state index in [1.54, 1.807) is 41.3 Å². The second kappa shape index (κ2) is 9.39. The second-order valence-corrected chi connectivity index (χ2v) is 9.08. The molecule has 6 nitrogen and oxygen atoms in total. The van der Waals surface area contributed by atoms with Gasteiger partial charge in [0.05, 0.1) is 11.1 Å². The van der Waals surface area contributed by atoms with E-state index < -0.39 is 11.7 Å². The summed E-state index contributed by atoms with van der Waals surface area (Å²) in [5, 5.41) is 3.47. The van der Waals surface area contributed by atoms with Gasteiger partial charge in [0.2, 0.25) is 0 Å². The van der Waals surface area contributed by atoms with Crippen LogP contribution >= 0.6 is 11.6 Å². The van der Waals surface area contributed by atoms with Gasteiger partial charge in [-0.2, -0.15) is 13.2 Å². The number of urea groups is 1. The van der Waals surface area contributed by atoms with Gasteiger partial charge in [-0.1, -0.05) is 23.7 Å². The molecule has 186 valence electrons. The summed E-state index contributed by atoms with van der Waals surface area (Å²) in [7, 11) is 0. The third kappa shape index (κ3) is 4.83. The maximum Gasteiger partial charge on any atom is 0.416 e. The molecule has 2 amide bonds. The van der Waals surface area contributed by atoms with Crippen molar-refractivity contribution in [1.29, 1.82) is 0 Å². The lowest BCUT2D eigenvalue weighted by Crippen LogP contribution is -2.56. The van der Waals surface area contributed by atoms with E-state index in [1.807, 2.05) is 24.0 Å². The molecule has 36 heavy (non-hydrogen) atoms. The molecule has 2 aliphatic rings. The molecule has 0 spiro atoms. The molecule has 1 N–H and O–H groups in total. The van der Waals surface area contributed by atoms with E-state index in [0.29, 0.717) is 53.2 Å². The fourth-order valence-corrected chi connectivity index (χ4v) is 4.44. The number of benzene rings is 3. The van der Waals surface area contributed by atoms with Crippen LogP contribution in [0.4, 0.5) is 29.3 Å². The van der Waals surface area contributed by atoms with Crippen molar-refractivity contribution >= 4 is 34.8 Å². The van der Waals surface area contributed by atoms with Gasteiger partial charge in [0.25, 0.3) is 0 Å². The largest absolute Gasteiger partial charge is 0.454 e. The number of hydrogen-bond donors (Lipinski definition) is 1.